The van der Waals surface area contributed by atoms with Crippen LogP contribution in [0.5, 0.6) is 0 Å². The van der Waals surface area contributed by atoms with Gasteiger partial charge in [0.15, 0.2) is 0 Å². The first-order valence-corrected chi connectivity index (χ1v) is 20.4. The van der Waals surface area contributed by atoms with Crippen molar-refractivity contribution in [2.24, 2.45) is 0 Å². The lowest BCUT2D eigenvalue weighted by atomic mass is 10.3. The molecule has 0 heterocycles. The fourth-order valence-electron chi connectivity index (χ4n) is 3.52. The summed E-state index contributed by atoms with van der Waals surface area (Å²) in [6, 6.07) is 4.42. The smallest absolute Gasteiger partial charge is 0.110 e. The van der Waals surface area contributed by atoms with Gasteiger partial charge in [-0.3, -0.25) is 0 Å². The molecule has 0 bridgehead atoms. The molecule has 0 fully saturated rings. The van der Waals surface area contributed by atoms with E-state index < -0.39 is 17.9 Å². The molecule has 0 aliphatic heterocycles. The van der Waals surface area contributed by atoms with Crippen LogP contribution in [-0.2, 0) is 0 Å². The van der Waals surface area contributed by atoms with Crippen molar-refractivity contribution in [1.29, 1.82) is 0 Å². The lowest BCUT2D eigenvalue weighted by molar-refractivity contribution is 0.657. The maximum absolute atomic E-state index is 4.03. The number of hydrogen-bond acceptors (Lipinski definition) is 4. The highest BCUT2D eigenvalue weighted by atomic mass is 28.3. The summed E-state index contributed by atoms with van der Waals surface area (Å²) in [4.78, 5) is 8.00. The van der Waals surface area contributed by atoms with E-state index in [-0.39, 0.29) is 19.0 Å². The van der Waals surface area contributed by atoms with Gasteiger partial charge < -0.3 is 20.6 Å². The van der Waals surface area contributed by atoms with E-state index in [1.54, 1.807) is 17.4 Å². The first-order chi connectivity index (χ1) is 12.8. The summed E-state index contributed by atoms with van der Waals surface area (Å²) < 4.78 is 0. The molecule has 0 aromatic carbocycles. The predicted octanol–water partition coefficient (Wildman–Crippen LogP) is 0.741. The zero-order chi connectivity index (χ0) is 19.3. The highest BCUT2D eigenvalue weighted by molar-refractivity contribution is 6.74. The second-order valence-electron chi connectivity index (χ2n) is 7.72. The van der Waals surface area contributed by atoms with E-state index in [0.29, 0.717) is 0 Å². The van der Waals surface area contributed by atoms with Gasteiger partial charge in [-0.15, -0.1) is 0 Å². The maximum Gasteiger partial charge on any atom is 0.110 e. The van der Waals surface area contributed by atoms with E-state index in [1.807, 2.05) is 0 Å². The van der Waals surface area contributed by atoms with Gasteiger partial charge in [-0.1, -0.05) is 50.6 Å². The Morgan fingerprint density at radius 2 is 1.54 bits per heavy atom. The van der Waals surface area contributed by atoms with Crippen LogP contribution in [0.15, 0.2) is 0 Å². The van der Waals surface area contributed by atoms with Gasteiger partial charge in [0.05, 0.1) is 0 Å². The third-order valence-corrected chi connectivity index (χ3v) is 19.6. The van der Waals surface area contributed by atoms with E-state index in [4.69, 9.17) is 0 Å². The molecule has 0 saturated carbocycles. The van der Waals surface area contributed by atoms with Gasteiger partial charge in [-0.25, -0.2) is 0 Å². The molecule has 0 radical (unpaired) electrons. The molecule has 2 unspecified atom stereocenters. The number of rotatable bonds is 21. The fourth-order valence-corrected chi connectivity index (χ4v) is 18.5. The molecule has 0 aliphatic carbocycles. The number of unbranched alkanes of at least 4 members (excludes halogenated alkanes) is 1. The zero-order valence-corrected chi connectivity index (χ0v) is 23.6. The number of nitrogens with one attached hydrogen (secondary N) is 4. The van der Waals surface area contributed by atoms with Crippen LogP contribution < -0.4 is 20.6 Å². The van der Waals surface area contributed by atoms with E-state index >= 15 is 0 Å². The minimum absolute atomic E-state index is 0.208. The van der Waals surface area contributed by atoms with Gasteiger partial charge in [-0.2, -0.15) is 0 Å². The Labute approximate surface area is 172 Å². The first-order valence-electron chi connectivity index (χ1n) is 11.6. The molecule has 0 spiro atoms. The van der Waals surface area contributed by atoms with Crippen molar-refractivity contribution in [3.8, 4) is 0 Å². The van der Waals surface area contributed by atoms with Crippen LogP contribution in [0, 0.1) is 0 Å². The van der Waals surface area contributed by atoms with Crippen LogP contribution in [0.1, 0.15) is 39.5 Å². The van der Waals surface area contributed by atoms with Crippen LogP contribution >= 0.6 is 0 Å². The molecule has 0 aliphatic rings. The van der Waals surface area contributed by atoms with Crippen molar-refractivity contribution in [2.45, 2.75) is 75.5 Å². The van der Waals surface area contributed by atoms with Gasteiger partial charge in [0, 0.05) is 32.1 Å². The van der Waals surface area contributed by atoms with Crippen molar-refractivity contribution in [2.75, 3.05) is 39.8 Å². The van der Waals surface area contributed by atoms with E-state index in [2.05, 4.69) is 48.0 Å². The van der Waals surface area contributed by atoms with Gasteiger partial charge in [0.2, 0.25) is 0 Å². The lowest BCUT2D eigenvalue weighted by Crippen LogP contribution is -2.44. The molecular weight excluding hydrogens is 385 g/mol. The predicted molar refractivity (Wildman–Crippen MR) is 134 cm³/mol. The average Bonchev–Trinajstić information content (AvgIpc) is 2.64. The summed E-state index contributed by atoms with van der Waals surface area (Å²) in [5, 5.41) is 6.91. The fraction of sp³-hybridized carbons (Fsp3) is 1.00. The highest BCUT2D eigenvalue weighted by Gasteiger charge is 2.11. The Bertz CT molecular complexity index is 250. The van der Waals surface area contributed by atoms with Crippen molar-refractivity contribution in [1.82, 2.24) is 20.6 Å². The second kappa shape index (κ2) is 22.0. The Morgan fingerprint density at radius 1 is 0.769 bits per heavy atom. The normalized spacial score (nSPS) is 14.8. The summed E-state index contributed by atoms with van der Waals surface area (Å²) in [6.07, 6.45) is 5.38. The minimum atomic E-state index is -0.727. The van der Waals surface area contributed by atoms with Crippen molar-refractivity contribution >= 4 is 37.0 Å². The topological polar surface area (TPSA) is 48.1 Å². The second-order valence-corrected chi connectivity index (χ2v) is 19.5. The van der Waals surface area contributed by atoms with Crippen LogP contribution in [0.4, 0.5) is 0 Å². The van der Waals surface area contributed by atoms with Crippen LogP contribution in [0.2, 0.25) is 36.0 Å². The third kappa shape index (κ3) is 18.1. The van der Waals surface area contributed by atoms with E-state index in [1.165, 1.54) is 70.5 Å². The van der Waals surface area contributed by atoms with Gasteiger partial charge >= 0.3 is 0 Å². The monoisotopic (exact) mass is 434 g/mol. The van der Waals surface area contributed by atoms with Crippen molar-refractivity contribution < 1.29 is 0 Å². The molecule has 158 valence electrons. The summed E-state index contributed by atoms with van der Waals surface area (Å²) in [5.74, 6) is 0. The molecule has 0 aromatic heterocycles. The SMILES string of the molecule is CCCCNCC[SiH](CCC)NCCN[SiH](C[SiH2]C)C[SiH2]CCCNC. The largest absolute Gasteiger partial charge is 0.339 e. The quantitative estimate of drug-likeness (QED) is 0.159. The molecule has 0 amide bonds. The Balaban J connectivity index is 3.83. The minimum Gasteiger partial charge on any atom is -0.339 e. The maximum atomic E-state index is 4.03. The van der Waals surface area contributed by atoms with Crippen LogP contribution in [0.25, 0.3) is 0 Å². The Morgan fingerprint density at radius 3 is 2.19 bits per heavy atom. The van der Waals surface area contributed by atoms with Gasteiger partial charge in [-0.05, 0) is 51.6 Å². The molecule has 2 atom stereocenters. The van der Waals surface area contributed by atoms with Crippen LogP contribution in [0.3, 0.4) is 0 Å². The first kappa shape index (κ1) is 26.7. The van der Waals surface area contributed by atoms with Gasteiger partial charge in [0.25, 0.3) is 0 Å². The van der Waals surface area contributed by atoms with Crippen molar-refractivity contribution in [3.63, 3.8) is 0 Å². The molecule has 4 nitrogen and oxygen atoms in total. The summed E-state index contributed by atoms with van der Waals surface area (Å²) in [7, 11) is 1.21. The Kier molecular flexibility index (Phi) is 22.6. The zero-order valence-electron chi connectivity index (χ0n) is 18.5. The third-order valence-electron chi connectivity index (χ3n) is 5.12. The summed E-state index contributed by atoms with van der Waals surface area (Å²) >= 11 is 0. The molecule has 8 heteroatoms. The molecule has 0 saturated heterocycles. The summed E-state index contributed by atoms with van der Waals surface area (Å²) in [5.41, 5.74) is 3.29. The summed E-state index contributed by atoms with van der Waals surface area (Å²) in [6.45, 7) is 13.2. The van der Waals surface area contributed by atoms with Crippen LogP contribution in [-0.4, -0.2) is 76.7 Å². The van der Waals surface area contributed by atoms with Gasteiger partial charge in [0.1, 0.15) is 17.9 Å². The molecule has 26 heavy (non-hydrogen) atoms. The van der Waals surface area contributed by atoms with Crippen molar-refractivity contribution in [3.05, 3.63) is 0 Å². The average molecular weight is 435 g/mol. The Hall–Kier alpha value is 0.708. The number of hydrogen-bond donors (Lipinski definition) is 4. The highest BCUT2D eigenvalue weighted by Crippen LogP contribution is 2.00. The molecular formula is C18H50N4Si4. The van der Waals surface area contributed by atoms with E-state index in [0.717, 1.165) is 0 Å². The lowest BCUT2D eigenvalue weighted by Gasteiger charge is -2.20. The molecule has 0 rings (SSSR count). The standard InChI is InChI=1S/C18H50N4Si4/c1-5-7-10-20-13-16-25(15-6-2)21-11-12-22-26(17-23-4)18-24-14-8-9-19-3/h19-22,25-26H,5-18,23-24H2,1-4H3. The van der Waals surface area contributed by atoms with E-state index in [9.17, 15) is 0 Å². The molecule has 0 aromatic rings. The molecule has 4 N–H and O–H groups in total.